The molecule has 1 atom stereocenters. The summed E-state index contributed by atoms with van der Waals surface area (Å²) < 4.78 is 0. The van der Waals surface area contributed by atoms with E-state index in [-0.39, 0.29) is 11.8 Å². The standard InChI is InChI=1S/C20H33N3O2S/c1-15(2)11-13-22-19(24)10-6-8-16-7-4-5-9-18(16)23-20(25)17(21)12-14-26-3/h4-5,7,9,15,17H,6,8,10-14,21H2,1-3H3,(H,22,24)(H,23,25)/t17-/m1/s1. The molecule has 0 heterocycles. The summed E-state index contributed by atoms with van der Waals surface area (Å²) in [6.07, 6.45) is 5.64. The van der Waals surface area contributed by atoms with Gasteiger partial charge in [0.15, 0.2) is 0 Å². The molecule has 26 heavy (non-hydrogen) atoms. The minimum atomic E-state index is -0.498. The second-order valence-electron chi connectivity index (χ2n) is 6.92. The zero-order valence-corrected chi connectivity index (χ0v) is 17.0. The number of carbonyl (C=O) groups is 2. The van der Waals surface area contributed by atoms with Crippen molar-refractivity contribution >= 4 is 29.3 Å². The zero-order valence-electron chi connectivity index (χ0n) is 16.2. The summed E-state index contributed by atoms with van der Waals surface area (Å²) in [7, 11) is 0. The Kier molecular flexibility index (Phi) is 11.1. The van der Waals surface area contributed by atoms with Crippen molar-refractivity contribution < 1.29 is 9.59 Å². The van der Waals surface area contributed by atoms with Crippen molar-refractivity contribution in [3.63, 3.8) is 0 Å². The lowest BCUT2D eigenvalue weighted by atomic mass is 10.1. The highest BCUT2D eigenvalue weighted by Crippen LogP contribution is 2.18. The highest BCUT2D eigenvalue weighted by atomic mass is 32.2. The van der Waals surface area contributed by atoms with Crippen LogP contribution in [0.5, 0.6) is 0 Å². The minimum absolute atomic E-state index is 0.0891. The van der Waals surface area contributed by atoms with Crippen LogP contribution in [0.3, 0.4) is 0 Å². The highest BCUT2D eigenvalue weighted by Gasteiger charge is 2.14. The molecule has 2 amide bonds. The normalized spacial score (nSPS) is 12.0. The number of benzene rings is 1. The third-order valence-electron chi connectivity index (χ3n) is 4.14. The van der Waals surface area contributed by atoms with Crippen LogP contribution in [0.1, 0.15) is 45.1 Å². The van der Waals surface area contributed by atoms with Gasteiger partial charge >= 0.3 is 0 Å². The Balaban J connectivity index is 2.46. The highest BCUT2D eigenvalue weighted by molar-refractivity contribution is 7.98. The molecule has 0 unspecified atom stereocenters. The van der Waals surface area contributed by atoms with E-state index in [1.807, 2.05) is 30.5 Å². The van der Waals surface area contributed by atoms with Crippen LogP contribution < -0.4 is 16.4 Å². The first kappa shape index (κ1) is 22.5. The number of nitrogens with two attached hydrogens (primary N) is 1. The summed E-state index contributed by atoms with van der Waals surface area (Å²) in [5.41, 5.74) is 7.75. The van der Waals surface area contributed by atoms with Crippen LogP contribution in [-0.4, -0.2) is 36.4 Å². The maximum atomic E-state index is 12.2. The molecule has 0 radical (unpaired) electrons. The van der Waals surface area contributed by atoms with E-state index < -0.39 is 6.04 Å². The number of aryl methyl sites for hydroxylation is 1. The van der Waals surface area contributed by atoms with Crippen molar-refractivity contribution in [2.24, 2.45) is 11.7 Å². The predicted molar refractivity (Wildman–Crippen MR) is 111 cm³/mol. The molecular weight excluding hydrogens is 346 g/mol. The van der Waals surface area contributed by atoms with E-state index in [9.17, 15) is 9.59 Å². The molecule has 146 valence electrons. The summed E-state index contributed by atoms with van der Waals surface area (Å²) in [4.78, 5) is 24.1. The molecule has 0 aliphatic rings. The van der Waals surface area contributed by atoms with Crippen molar-refractivity contribution in [3.05, 3.63) is 29.8 Å². The number of anilines is 1. The molecule has 0 aromatic heterocycles. The van der Waals surface area contributed by atoms with Crippen molar-refractivity contribution in [2.45, 2.75) is 52.0 Å². The first-order valence-corrected chi connectivity index (χ1v) is 10.7. The largest absolute Gasteiger partial charge is 0.356 e. The van der Waals surface area contributed by atoms with Gasteiger partial charge in [-0.2, -0.15) is 11.8 Å². The summed E-state index contributed by atoms with van der Waals surface area (Å²) in [5, 5.41) is 5.88. The summed E-state index contributed by atoms with van der Waals surface area (Å²) in [6, 6.07) is 7.21. The fourth-order valence-corrected chi connectivity index (χ4v) is 2.98. The van der Waals surface area contributed by atoms with Gasteiger partial charge in [-0.15, -0.1) is 0 Å². The Hall–Kier alpha value is -1.53. The van der Waals surface area contributed by atoms with E-state index in [0.717, 1.165) is 42.8 Å². The van der Waals surface area contributed by atoms with E-state index in [1.54, 1.807) is 11.8 Å². The fraction of sp³-hybridized carbons (Fsp3) is 0.600. The average molecular weight is 380 g/mol. The Bertz CT molecular complexity index is 564. The number of nitrogens with one attached hydrogen (secondary N) is 2. The van der Waals surface area contributed by atoms with Gasteiger partial charge in [0.25, 0.3) is 0 Å². The molecule has 0 aliphatic carbocycles. The van der Waals surface area contributed by atoms with Gasteiger partial charge in [0, 0.05) is 18.7 Å². The minimum Gasteiger partial charge on any atom is -0.356 e. The van der Waals surface area contributed by atoms with Gasteiger partial charge in [-0.05, 0) is 55.2 Å². The van der Waals surface area contributed by atoms with Crippen LogP contribution in [0.25, 0.3) is 0 Å². The summed E-state index contributed by atoms with van der Waals surface area (Å²) in [6.45, 7) is 5.02. The Labute approximate surface area is 161 Å². The zero-order chi connectivity index (χ0) is 19.4. The molecule has 1 aromatic carbocycles. The van der Waals surface area contributed by atoms with Gasteiger partial charge < -0.3 is 16.4 Å². The number of hydrogen-bond donors (Lipinski definition) is 3. The van der Waals surface area contributed by atoms with Crippen molar-refractivity contribution in [1.82, 2.24) is 5.32 Å². The van der Waals surface area contributed by atoms with Gasteiger partial charge in [0.1, 0.15) is 0 Å². The van der Waals surface area contributed by atoms with Crippen molar-refractivity contribution in [3.8, 4) is 0 Å². The number of thioether (sulfide) groups is 1. The Morgan fingerprint density at radius 3 is 2.62 bits per heavy atom. The molecule has 1 aromatic rings. The molecule has 4 N–H and O–H groups in total. The van der Waals surface area contributed by atoms with Gasteiger partial charge in [0.2, 0.25) is 11.8 Å². The summed E-state index contributed by atoms with van der Waals surface area (Å²) in [5.74, 6) is 1.39. The van der Waals surface area contributed by atoms with E-state index in [2.05, 4.69) is 24.5 Å². The van der Waals surface area contributed by atoms with Crippen molar-refractivity contribution in [1.29, 1.82) is 0 Å². The topological polar surface area (TPSA) is 84.2 Å². The van der Waals surface area contributed by atoms with E-state index in [4.69, 9.17) is 5.73 Å². The van der Waals surface area contributed by atoms with Gasteiger partial charge in [-0.3, -0.25) is 9.59 Å². The number of carbonyl (C=O) groups excluding carboxylic acids is 2. The smallest absolute Gasteiger partial charge is 0.241 e. The Morgan fingerprint density at radius 2 is 1.92 bits per heavy atom. The molecule has 5 nitrogen and oxygen atoms in total. The Morgan fingerprint density at radius 1 is 1.19 bits per heavy atom. The van der Waals surface area contributed by atoms with Crippen LogP contribution in [0.4, 0.5) is 5.69 Å². The molecule has 0 bridgehead atoms. The maximum absolute atomic E-state index is 12.2. The number of rotatable bonds is 12. The molecule has 0 saturated carbocycles. The average Bonchev–Trinajstić information content (AvgIpc) is 2.60. The third kappa shape index (κ3) is 9.25. The predicted octanol–water partition coefficient (Wildman–Crippen LogP) is 3.19. The molecule has 0 saturated heterocycles. The SMILES string of the molecule is CSCC[C@@H](N)C(=O)Nc1ccccc1CCCC(=O)NCCC(C)C. The van der Waals surface area contributed by atoms with Crippen LogP contribution in [0, 0.1) is 5.92 Å². The lowest BCUT2D eigenvalue weighted by Crippen LogP contribution is -2.36. The molecule has 0 fully saturated rings. The summed E-state index contributed by atoms with van der Waals surface area (Å²) >= 11 is 1.68. The van der Waals surface area contributed by atoms with Gasteiger partial charge in [-0.25, -0.2) is 0 Å². The van der Waals surface area contributed by atoms with E-state index in [0.29, 0.717) is 18.8 Å². The number of para-hydroxylation sites is 1. The second-order valence-corrected chi connectivity index (χ2v) is 7.91. The van der Waals surface area contributed by atoms with Gasteiger partial charge in [0.05, 0.1) is 6.04 Å². The van der Waals surface area contributed by atoms with E-state index in [1.165, 1.54) is 0 Å². The number of amides is 2. The lowest BCUT2D eigenvalue weighted by molar-refractivity contribution is -0.121. The van der Waals surface area contributed by atoms with Gasteiger partial charge in [-0.1, -0.05) is 32.0 Å². The van der Waals surface area contributed by atoms with E-state index >= 15 is 0 Å². The second kappa shape index (κ2) is 12.8. The number of hydrogen-bond acceptors (Lipinski definition) is 4. The first-order chi connectivity index (χ1) is 12.4. The van der Waals surface area contributed by atoms with Crippen LogP contribution in [0.15, 0.2) is 24.3 Å². The lowest BCUT2D eigenvalue weighted by Gasteiger charge is -2.15. The quantitative estimate of drug-likeness (QED) is 0.521. The first-order valence-electron chi connectivity index (χ1n) is 9.34. The van der Waals surface area contributed by atoms with Crippen LogP contribution in [0.2, 0.25) is 0 Å². The molecule has 1 rings (SSSR count). The molecular formula is C20H33N3O2S. The third-order valence-corrected chi connectivity index (χ3v) is 4.78. The van der Waals surface area contributed by atoms with Crippen LogP contribution in [-0.2, 0) is 16.0 Å². The van der Waals surface area contributed by atoms with Crippen LogP contribution >= 0.6 is 11.8 Å². The molecule has 6 heteroatoms. The monoisotopic (exact) mass is 379 g/mol. The maximum Gasteiger partial charge on any atom is 0.241 e. The molecule has 0 aliphatic heterocycles. The van der Waals surface area contributed by atoms with Crippen molar-refractivity contribution in [2.75, 3.05) is 23.9 Å². The molecule has 0 spiro atoms. The fourth-order valence-electron chi connectivity index (χ4n) is 2.49.